The molecule has 154 valence electrons. The summed E-state index contributed by atoms with van der Waals surface area (Å²) < 4.78 is 5.36. The van der Waals surface area contributed by atoms with Crippen molar-refractivity contribution in [1.82, 2.24) is 0 Å². The molecular weight excluding hydrogens is 441 g/mol. The third kappa shape index (κ3) is 4.17. The zero-order valence-corrected chi connectivity index (χ0v) is 17.2. The lowest BCUT2D eigenvalue weighted by Crippen LogP contribution is -2.13. The fourth-order valence-electron chi connectivity index (χ4n) is 3.09. The number of hydrogen-bond donors (Lipinski definition) is 2. The summed E-state index contributed by atoms with van der Waals surface area (Å²) in [6.07, 6.45) is 0. The van der Waals surface area contributed by atoms with E-state index in [1.807, 2.05) is 12.1 Å². The van der Waals surface area contributed by atoms with E-state index < -0.39 is 17.5 Å². The molecule has 0 fully saturated rings. The van der Waals surface area contributed by atoms with Crippen LogP contribution in [0.1, 0.15) is 20.7 Å². The maximum atomic E-state index is 12.8. The van der Waals surface area contributed by atoms with Gasteiger partial charge in [0, 0.05) is 10.9 Å². The molecule has 0 aliphatic heterocycles. The summed E-state index contributed by atoms with van der Waals surface area (Å²) in [5, 5.41) is 12.6. The van der Waals surface area contributed by atoms with Gasteiger partial charge in [-0.2, -0.15) is 0 Å². The molecular formula is C23H13Cl2NO5. The van der Waals surface area contributed by atoms with Crippen LogP contribution >= 0.6 is 23.2 Å². The first-order valence-corrected chi connectivity index (χ1v) is 9.76. The number of carboxylic acids is 1. The van der Waals surface area contributed by atoms with Crippen LogP contribution in [0.5, 0.6) is 0 Å². The number of aromatic carboxylic acids is 1. The molecule has 0 atom stereocenters. The first-order valence-electron chi connectivity index (χ1n) is 9.00. The fourth-order valence-corrected chi connectivity index (χ4v) is 3.61. The number of hydrogen-bond acceptors (Lipinski definition) is 4. The Hall–Kier alpha value is -3.61. The molecule has 0 bridgehead atoms. The second kappa shape index (κ2) is 8.26. The van der Waals surface area contributed by atoms with Crippen molar-refractivity contribution in [1.29, 1.82) is 0 Å². The molecule has 4 rings (SSSR count). The van der Waals surface area contributed by atoms with E-state index in [1.165, 1.54) is 18.2 Å². The van der Waals surface area contributed by atoms with E-state index in [2.05, 4.69) is 5.32 Å². The number of nitrogens with one attached hydrogen (secondary N) is 1. The van der Waals surface area contributed by atoms with Gasteiger partial charge >= 0.3 is 11.6 Å². The van der Waals surface area contributed by atoms with Crippen LogP contribution in [-0.2, 0) is 0 Å². The zero-order valence-electron chi connectivity index (χ0n) is 15.7. The molecule has 0 aliphatic carbocycles. The Morgan fingerprint density at radius 2 is 1.68 bits per heavy atom. The number of amides is 1. The number of halogens is 2. The van der Waals surface area contributed by atoms with E-state index in [1.54, 1.807) is 36.4 Å². The number of benzene rings is 3. The van der Waals surface area contributed by atoms with Crippen molar-refractivity contribution >= 4 is 51.7 Å². The third-order valence-electron chi connectivity index (χ3n) is 4.61. The van der Waals surface area contributed by atoms with Crippen molar-refractivity contribution < 1.29 is 19.1 Å². The van der Waals surface area contributed by atoms with Gasteiger partial charge in [-0.3, -0.25) is 4.79 Å². The molecule has 31 heavy (non-hydrogen) atoms. The smallest absolute Gasteiger partial charge is 0.344 e. The lowest BCUT2D eigenvalue weighted by Gasteiger charge is -2.10. The lowest BCUT2D eigenvalue weighted by molar-refractivity contribution is 0.0696. The molecule has 0 spiro atoms. The monoisotopic (exact) mass is 453 g/mol. The minimum absolute atomic E-state index is 0.0412. The second-order valence-electron chi connectivity index (χ2n) is 6.64. The Morgan fingerprint density at radius 3 is 2.45 bits per heavy atom. The van der Waals surface area contributed by atoms with Crippen LogP contribution in [0, 0.1) is 0 Å². The molecule has 1 amide bonds. The molecule has 0 saturated carbocycles. The van der Waals surface area contributed by atoms with Gasteiger partial charge in [-0.25, -0.2) is 9.59 Å². The predicted molar refractivity (Wildman–Crippen MR) is 119 cm³/mol. The normalized spacial score (nSPS) is 10.8. The lowest BCUT2D eigenvalue weighted by atomic mass is 10.0. The Labute approximate surface area is 185 Å². The van der Waals surface area contributed by atoms with Crippen LogP contribution in [0.2, 0.25) is 10.0 Å². The van der Waals surface area contributed by atoms with Gasteiger partial charge in [0.05, 0.1) is 26.9 Å². The highest BCUT2D eigenvalue weighted by atomic mass is 35.5. The van der Waals surface area contributed by atoms with Crippen molar-refractivity contribution in [3.05, 3.63) is 98.3 Å². The average molecular weight is 454 g/mol. The number of anilines is 1. The van der Waals surface area contributed by atoms with Gasteiger partial charge < -0.3 is 14.8 Å². The molecule has 1 aromatic heterocycles. The predicted octanol–water partition coefficient (Wildman–Crippen LogP) is 5.72. The molecule has 0 unspecified atom stereocenters. The zero-order chi connectivity index (χ0) is 22.1. The fraction of sp³-hybridized carbons (Fsp3) is 0. The van der Waals surface area contributed by atoms with Crippen LogP contribution < -0.4 is 10.9 Å². The van der Waals surface area contributed by atoms with Gasteiger partial charge in [-0.15, -0.1) is 0 Å². The van der Waals surface area contributed by atoms with Crippen molar-refractivity contribution in [2.45, 2.75) is 0 Å². The minimum Gasteiger partial charge on any atom is -0.478 e. The summed E-state index contributed by atoms with van der Waals surface area (Å²) in [5.41, 5.74) is 0.910. The van der Waals surface area contributed by atoms with Crippen LogP contribution in [0.3, 0.4) is 0 Å². The van der Waals surface area contributed by atoms with E-state index in [0.717, 1.165) is 5.39 Å². The third-order valence-corrected chi connectivity index (χ3v) is 5.24. The minimum atomic E-state index is -1.25. The number of para-hydroxylation sites is 1. The summed E-state index contributed by atoms with van der Waals surface area (Å²) in [7, 11) is 0. The SMILES string of the molecule is O=C(Nc1cc(C(=O)O)c(Cl)cc1Cl)c1cccc(-c2cc3ccccc3oc2=O)c1. The van der Waals surface area contributed by atoms with E-state index >= 15 is 0 Å². The molecule has 8 heteroatoms. The molecule has 0 aliphatic rings. The second-order valence-corrected chi connectivity index (χ2v) is 7.45. The van der Waals surface area contributed by atoms with Gasteiger partial charge in [0.15, 0.2) is 0 Å². The first-order chi connectivity index (χ1) is 14.8. The Morgan fingerprint density at radius 1 is 0.903 bits per heavy atom. The summed E-state index contributed by atoms with van der Waals surface area (Å²) in [5.74, 6) is -1.78. The number of carbonyl (C=O) groups is 2. The number of carbonyl (C=O) groups excluding carboxylic acids is 1. The summed E-state index contributed by atoms with van der Waals surface area (Å²) in [6.45, 7) is 0. The van der Waals surface area contributed by atoms with Crippen molar-refractivity contribution in [2.75, 3.05) is 5.32 Å². The molecule has 0 radical (unpaired) electrons. The van der Waals surface area contributed by atoms with Crippen LogP contribution in [0.4, 0.5) is 5.69 Å². The first kappa shape index (κ1) is 20.7. The Kier molecular flexibility index (Phi) is 5.50. The van der Waals surface area contributed by atoms with Gasteiger partial charge in [-0.1, -0.05) is 53.5 Å². The van der Waals surface area contributed by atoms with E-state index in [4.69, 9.17) is 27.6 Å². The molecule has 2 N–H and O–H groups in total. The number of carboxylic acid groups (broad SMARTS) is 1. The summed E-state index contributed by atoms with van der Waals surface area (Å²) in [4.78, 5) is 36.5. The highest BCUT2D eigenvalue weighted by Crippen LogP contribution is 2.30. The molecule has 4 aromatic rings. The average Bonchev–Trinajstić information content (AvgIpc) is 2.75. The number of rotatable bonds is 4. The highest BCUT2D eigenvalue weighted by molar-refractivity contribution is 6.38. The quantitative estimate of drug-likeness (QED) is 0.385. The Balaban J connectivity index is 1.69. The topological polar surface area (TPSA) is 96.6 Å². The van der Waals surface area contributed by atoms with E-state index in [0.29, 0.717) is 16.7 Å². The number of fused-ring (bicyclic) bond motifs is 1. The van der Waals surface area contributed by atoms with Gasteiger partial charge in [0.1, 0.15) is 5.58 Å². The molecule has 0 saturated heterocycles. The van der Waals surface area contributed by atoms with E-state index in [-0.39, 0.29) is 26.9 Å². The van der Waals surface area contributed by atoms with Crippen molar-refractivity contribution in [3.63, 3.8) is 0 Å². The van der Waals surface area contributed by atoms with Crippen molar-refractivity contribution in [3.8, 4) is 11.1 Å². The highest BCUT2D eigenvalue weighted by Gasteiger charge is 2.16. The molecule has 6 nitrogen and oxygen atoms in total. The van der Waals surface area contributed by atoms with Crippen LogP contribution in [0.15, 0.2) is 75.9 Å². The van der Waals surface area contributed by atoms with Crippen LogP contribution in [0.25, 0.3) is 22.1 Å². The van der Waals surface area contributed by atoms with Gasteiger partial charge in [-0.05, 0) is 42.0 Å². The summed E-state index contributed by atoms with van der Waals surface area (Å²) in [6, 6.07) is 17.7. The van der Waals surface area contributed by atoms with Crippen molar-refractivity contribution in [2.24, 2.45) is 0 Å². The largest absolute Gasteiger partial charge is 0.478 e. The standard InChI is InChI=1S/C23H13Cl2NO5/c24-17-11-18(25)19(10-16(17)22(28)29)26-21(27)14-6-3-5-12(8-14)15-9-13-4-1-2-7-20(13)31-23(15)30/h1-11H,(H,26,27)(H,28,29). The van der Waals surface area contributed by atoms with E-state index in [9.17, 15) is 19.5 Å². The van der Waals surface area contributed by atoms with Gasteiger partial charge in [0.25, 0.3) is 5.91 Å². The Bertz CT molecular complexity index is 1410. The van der Waals surface area contributed by atoms with Crippen LogP contribution in [-0.4, -0.2) is 17.0 Å². The van der Waals surface area contributed by atoms with Gasteiger partial charge in [0.2, 0.25) is 0 Å². The molecule has 3 aromatic carbocycles. The maximum absolute atomic E-state index is 12.8. The summed E-state index contributed by atoms with van der Waals surface area (Å²) >= 11 is 12.0. The molecule has 1 heterocycles. The maximum Gasteiger partial charge on any atom is 0.344 e.